The first kappa shape index (κ1) is 15.5. The van der Waals surface area contributed by atoms with Gasteiger partial charge in [0, 0.05) is 26.7 Å². The quantitative estimate of drug-likeness (QED) is 0.729. The standard InChI is InChI=1S/C14H22N2O3/c1-11(10-19-2)9-14(18)16(7-8-17)13-6-4-3-5-12(13)15/h3-6,11,17H,7-10,15H2,1-2H3. The highest BCUT2D eigenvalue weighted by Gasteiger charge is 2.19. The lowest BCUT2D eigenvalue weighted by atomic mass is 10.1. The van der Waals surface area contributed by atoms with Gasteiger partial charge >= 0.3 is 0 Å². The van der Waals surface area contributed by atoms with E-state index in [2.05, 4.69) is 0 Å². The Kier molecular flexibility index (Phi) is 6.32. The topological polar surface area (TPSA) is 75.8 Å². The van der Waals surface area contributed by atoms with Crippen molar-refractivity contribution in [2.45, 2.75) is 13.3 Å². The van der Waals surface area contributed by atoms with Gasteiger partial charge in [-0.1, -0.05) is 19.1 Å². The first-order valence-electron chi connectivity index (χ1n) is 6.34. The maximum Gasteiger partial charge on any atom is 0.227 e. The molecule has 0 aliphatic carbocycles. The Bertz CT molecular complexity index is 409. The summed E-state index contributed by atoms with van der Waals surface area (Å²) in [5.74, 6) is 0.0696. The number of benzene rings is 1. The van der Waals surface area contributed by atoms with Gasteiger partial charge in [0.15, 0.2) is 0 Å². The van der Waals surface area contributed by atoms with Crippen molar-refractivity contribution in [3.8, 4) is 0 Å². The van der Waals surface area contributed by atoms with Crippen LogP contribution in [0.3, 0.4) is 0 Å². The van der Waals surface area contributed by atoms with Crippen molar-refractivity contribution >= 4 is 17.3 Å². The lowest BCUT2D eigenvalue weighted by molar-refractivity contribution is -0.119. The van der Waals surface area contributed by atoms with Gasteiger partial charge in [-0.2, -0.15) is 0 Å². The molecule has 3 N–H and O–H groups in total. The van der Waals surface area contributed by atoms with Crippen LogP contribution in [0.5, 0.6) is 0 Å². The molecule has 0 aromatic heterocycles. The average Bonchev–Trinajstić information content (AvgIpc) is 2.37. The molecule has 0 radical (unpaired) electrons. The van der Waals surface area contributed by atoms with Crippen LogP contribution in [0.2, 0.25) is 0 Å². The predicted molar refractivity (Wildman–Crippen MR) is 76.0 cm³/mol. The SMILES string of the molecule is COCC(C)CC(=O)N(CCO)c1ccccc1N. The number of carbonyl (C=O) groups excluding carboxylic acids is 1. The Balaban J connectivity index is 2.83. The van der Waals surface area contributed by atoms with E-state index in [4.69, 9.17) is 15.6 Å². The summed E-state index contributed by atoms with van der Waals surface area (Å²) < 4.78 is 5.03. The number of aliphatic hydroxyl groups excluding tert-OH is 1. The van der Waals surface area contributed by atoms with Gasteiger partial charge in [0.05, 0.1) is 18.0 Å². The zero-order chi connectivity index (χ0) is 14.3. The van der Waals surface area contributed by atoms with Gasteiger partial charge in [-0.25, -0.2) is 0 Å². The van der Waals surface area contributed by atoms with E-state index in [1.807, 2.05) is 19.1 Å². The van der Waals surface area contributed by atoms with Crippen molar-refractivity contribution in [1.82, 2.24) is 0 Å². The molecule has 0 saturated carbocycles. The second-order valence-electron chi connectivity index (χ2n) is 4.59. The van der Waals surface area contributed by atoms with Crippen LogP contribution in [-0.4, -0.2) is 37.9 Å². The Hall–Kier alpha value is -1.59. The van der Waals surface area contributed by atoms with Gasteiger partial charge in [0.25, 0.3) is 0 Å². The summed E-state index contributed by atoms with van der Waals surface area (Å²) in [7, 11) is 1.61. The molecule has 0 aliphatic rings. The van der Waals surface area contributed by atoms with Crippen molar-refractivity contribution in [3.63, 3.8) is 0 Å². The van der Waals surface area contributed by atoms with E-state index >= 15 is 0 Å². The van der Waals surface area contributed by atoms with E-state index in [0.717, 1.165) is 0 Å². The minimum Gasteiger partial charge on any atom is -0.397 e. The summed E-state index contributed by atoms with van der Waals surface area (Å²) in [5, 5.41) is 9.12. The highest BCUT2D eigenvalue weighted by Crippen LogP contribution is 2.23. The Morgan fingerprint density at radius 3 is 2.74 bits per heavy atom. The normalized spacial score (nSPS) is 12.2. The zero-order valence-corrected chi connectivity index (χ0v) is 11.5. The van der Waals surface area contributed by atoms with Crippen LogP contribution < -0.4 is 10.6 Å². The van der Waals surface area contributed by atoms with Gasteiger partial charge < -0.3 is 20.5 Å². The fraction of sp³-hybridized carbons (Fsp3) is 0.500. The molecule has 1 rings (SSSR count). The zero-order valence-electron chi connectivity index (χ0n) is 11.5. The van der Waals surface area contributed by atoms with E-state index in [1.54, 1.807) is 19.2 Å². The van der Waals surface area contributed by atoms with Gasteiger partial charge in [0.1, 0.15) is 0 Å². The van der Waals surface area contributed by atoms with Crippen molar-refractivity contribution in [2.24, 2.45) is 5.92 Å². The second kappa shape index (κ2) is 7.76. The van der Waals surface area contributed by atoms with Crippen LogP contribution in [0.15, 0.2) is 24.3 Å². The third-order valence-electron chi connectivity index (χ3n) is 2.83. The number of ether oxygens (including phenoxy) is 1. The molecular weight excluding hydrogens is 244 g/mol. The summed E-state index contributed by atoms with van der Waals surface area (Å²) in [6.45, 7) is 2.63. The molecule has 0 saturated heterocycles. The molecule has 19 heavy (non-hydrogen) atoms. The van der Waals surface area contributed by atoms with Crippen LogP contribution in [0.4, 0.5) is 11.4 Å². The van der Waals surface area contributed by atoms with Gasteiger partial charge in [-0.15, -0.1) is 0 Å². The monoisotopic (exact) mass is 266 g/mol. The number of amides is 1. The lowest BCUT2D eigenvalue weighted by Gasteiger charge is -2.24. The van der Waals surface area contributed by atoms with Crippen molar-refractivity contribution < 1.29 is 14.6 Å². The molecule has 0 aliphatic heterocycles. The van der Waals surface area contributed by atoms with Crippen molar-refractivity contribution in [2.75, 3.05) is 37.5 Å². The van der Waals surface area contributed by atoms with Crippen LogP contribution in [0.25, 0.3) is 0 Å². The van der Waals surface area contributed by atoms with Gasteiger partial charge in [-0.3, -0.25) is 4.79 Å². The van der Waals surface area contributed by atoms with E-state index < -0.39 is 0 Å². The number of hydrogen-bond donors (Lipinski definition) is 2. The first-order valence-corrected chi connectivity index (χ1v) is 6.34. The maximum atomic E-state index is 12.3. The molecule has 5 nitrogen and oxygen atoms in total. The Labute approximate surface area is 114 Å². The first-order chi connectivity index (χ1) is 9.10. The number of nitrogens with two attached hydrogens (primary N) is 1. The number of methoxy groups -OCH3 is 1. The van der Waals surface area contributed by atoms with Crippen LogP contribution >= 0.6 is 0 Å². The van der Waals surface area contributed by atoms with E-state index in [1.165, 1.54) is 4.90 Å². The summed E-state index contributed by atoms with van der Waals surface area (Å²) in [6.07, 6.45) is 0.363. The molecule has 1 atom stereocenters. The summed E-state index contributed by atoms with van der Waals surface area (Å²) in [4.78, 5) is 13.8. The number of aliphatic hydroxyl groups is 1. The Morgan fingerprint density at radius 1 is 1.47 bits per heavy atom. The van der Waals surface area contributed by atoms with E-state index in [0.29, 0.717) is 24.4 Å². The average molecular weight is 266 g/mol. The van der Waals surface area contributed by atoms with Crippen LogP contribution in [0, 0.1) is 5.92 Å². The van der Waals surface area contributed by atoms with E-state index in [-0.39, 0.29) is 25.0 Å². The number of anilines is 2. The summed E-state index contributed by atoms with van der Waals surface area (Å²) in [5.41, 5.74) is 7.05. The molecule has 0 bridgehead atoms. The third-order valence-corrected chi connectivity index (χ3v) is 2.83. The lowest BCUT2D eigenvalue weighted by Crippen LogP contribution is -2.35. The number of para-hydroxylation sites is 2. The maximum absolute atomic E-state index is 12.3. The second-order valence-corrected chi connectivity index (χ2v) is 4.59. The summed E-state index contributed by atoms with van der Waals surface area (Å²) in [6, 6.07) is 7.16. The molecule has 1 unspecified atom stereocenters. The third kappa shape index (κ3) is 4.54. The van der Waals surface area contributed by atoms with Crippen LogP contribution in [-0.2, 0) is 9.53 Å². The minimum atomic E-state index is -0.0985. The molecule has 1 amide bonds. The Morgan fingerprint density at radius 2 is 2.16 bits per heavy atom. The fourth-order valence-electron chi connectivity index (χ4n) is 1.96. The van der Waals surface area contributed by atoms with Gasteiger partial charge in [-0.05, 0) is 18.1 Å². The van der Waals surface area contributed by atoms with E-state index in [9.17, 15) is 4.79 Å². The van der Waals surface area contributed by atoms with Crippen LogP contribution in [0.1, 0.15) is 13.3 Å². The predicted octanol–water partition coefficient (Wildman–Crippen LogP) is 1.27. The number of nitrogens with zero attached hydrogens (tertiary/aromatic N) is 1. The van der Waals surface area contributed by atoms with Crippen molar-refractivity contribution in [3.05, 3.63) is 24.3 Å². The number of hydrogen-bond acceptors (Lipinski definition) is 4. The molecule has 0 fully saturated rings. The highest BCUT2D eigenvalue weighted by molar-refractivity contribution is 5.96. The number of carbonyl (C=O) groups is 1. The highest BCUT2D eigenvalue weighted by atomic mass is 16.5. The smallest absolute Gasteiger partial charge is 0.227 e. The van der Waals surface area contributed by atoms with Gasteiger partial charge in [0.2, 0.25) is 5.91 Å². The molecular formula is C14H22N2O3. The molecule has 1 aromatic rings. The largest absolute Gasteiger partial charge is 0.397 e. The molecule has 106 valence electrons. The fourth-order valence-corrected chi connectivity index (χ4v) is 1.96. The van der Waals surface area contributed by atoms with Crippen molar-refractivity contribution in [1.29, 1.82) is 0 Å². The molecule has 1 aromatic carbocycles. The number of nitrogen functional groups attached to an aromatic ring is 1. The minimum absolute atomic E-state index is 0.0588. The molecule has 0 heterocycles. The summed E-state index contributed by atoms with van der Waals surface area (Å²) >= 11 is 0. The molecule has 0 spiro atoms. The molecule has 5 heteroatoms. The number of rotatable bonds is 7.